The van der Waals surface area contributed by atoms with E-state index in [-0.39, 0.29) is 17.0 Å². The molecule has 176 valence electrons. The molecule has 0 spiro atoms. The van der Waals surface area contributed by atoms with E-state index in [1.54, 1.807) is 46.9 Å². The van der Waals surface area contributed by atoms with Gasteiger partial charge in [-0.25, -0.2) is 9.78 Å². The number of benzene rings is 1. The number of carbonyl (C=O) groups is 2. The number of aryl methyl sites for hydroxylation is 1. The molecule has 0 radical (unpaired) electrons. The van der Waals surface area contributed by atoms with Gasteiger partial charge in [0.2, 0.25) is 0 Å². The Labute approximate surface area is 198 Å². The second-order valence-electron chi connectivity index (χ2n) is 8.25. The molecule has 0 atom stereocenters. The first-order valence-electron chi connectivity index (χ1n) is 11.4. The molecule has 1 aliphatic heterocycles. The molecule has 0 unspecified atom stereocenters. The summed E-state index contributed by atoms with van der Waals surface area (Å²) in [6.07, 6.45) is 3.22. The third-order valence-electron chi connectivity index (χ3n) is 5.84. The van der Waals surface area contributed by atoms with Gasteiger partial charge in [-0.15, -0.1) is 0 Å². The molecule has 1 fully saturated rings. The van der Waals surface area contributed by atoms with Crippen LogP contribution in [0, 0.1) is 6.92 Å². The Balaban J connectivity index is 1.41. The number of hydrogen-bond donors (Lipinski definition) is 0. The van der Waals surface area contributed by atoms with Crippen molar-refractivity contribution in [1.82, 2.24) is 14.5 Å². The van der Waals surface area contributed by atoms with Crippen molar-refractivity contribution < 1.29 is 14.3 Å². The van der Waals surface area contributed by atoms with Crippen molar-refractivity contribution in [3.05, 3.63) is 93.5 Å². The van der Waals surface area contributed by atoms with Crippen molar-refractivity contribution in [2.24, 2.45) is 0 Å². The average molecular weight is 461 g/mol. The third kappa shape index (κ3) is 5.17. The zero-order valence-corrected chi connectivity index (χ0v) is 19.4. The first kappa shape index (κ1) is 23.2. The minimum absolute atomic E-state index is 0.181. The summed E-state index contributed by atoms with van der Waals surface area (Å²) in [5.41, 5.74) is 2.45. The summed E-state index contributed by atoms with van der Waals surface area (Å²) in [5, 5.41) is 0. The van der Waals surface area contributed by atoms with E-state index in [4.69, 9.17) is 4.74 Å². The lowest BCUT2D eigenvalue weighted by molar-refractivity contribution is 0.0525. The van der Waals surface area contributed by atoms with Gasteiger partial charge in [0.1, 0.15) is 11.4 Å². The zero-order chi connectivity index (χ0) is 24.1. The summed E-state index contributed by atoms with van der Waals surface area (Å²) in [6.45, 7) is 6.63. The second-order valence-corrected chi connectivity index (χ2v) is 8.25. The number of ether oxygens (including phenoxy) is 1. The van der Waals surface area contributed by atoms with Crippen LogP contribution in [0.25, 0.3) is 0 Å². The predicted molar refractivity (Wildman–Crippen MR) is 129 cm³/mol. The Morgan fingerprint density at radius 1 is 1.03 bits per heavy atom. The van der Waals surface area contributed by atoms with Gasteiger partial charge >= 0.3 is 5.97 Å². The lowest BCUT2D eigenvalue weighted by Crippen LogP contribution is -2.50. The van der Waals surface area contributed by atoms with Gasteiger partial charge in [-0.05, 0) is 43.7 Å². The van der Waals surface area contributed by atoms with Crippen molar-refractivity contribution in [2.45, 2.75) is 20.4 Å². The maximum atomic E-state index is 13.1. The van der Waals surface area contributed by atoms with Crippen LogP contribution in [-0.2, 0) is 11.3 Å². The predicted octanol–water partition coefficient (Wildman–Crippen LogP) is 2.74. The van der Waals surface area contributed by atoms with E-state index in [0.29, 0.717) is 44.9 Å². The van der Waals surface area contributed by atoms with Crippen LogP contribution < -0.4 is 10.5 Å². The first-order valence-corrected chi connectivity index (χ1v) is 11.4. The number of nitrogens with zero attached hydrogens (tertiary/aromatic N) is 4. The van der Waals surface area contributed by atoms with E-state index in [9.17, 15) is 14.4 Å². The fraction of sp³-hybridized carbons (Fsp3) is 0.308. The van der Waals surface area contributed by atoms with Crippen LogP contribution in [0.5, 0.6) is 0 Å². The molecule has 0 bridgehead atoms. The molecular weight excluding hydrogens is 432 g/mol. The number of carbonyl (C=O) groups excluding carboxylic acids is 2. The van der Waals surface area contributed by atoms with Gasteiger partial charge < -0.3 is 19.1 Å². The summed E-state index contributed by atoms with van der Waals surface area (Å²) in [5.74, 6) is 0.0853. The standard InChI is InChI=1S/C26H28N4O4/c1-3-34-26(33)21-9-10-23(27-17-21)28-12-14-29(15-13-28)24(31)22-8-5-11-30(25(22)32)18-20-7-4-6-19(2)16-20/h4-11,16-17H,3,12-15,18H2,1-2H3. The molecule has 1 aromatic carbocycles. The Morgan fingerprint density at radius 2 is 1.82 bits per heavy atom. The molecule has 2 aromatic heterocycles. The van der Waals surface area contributed by atoms with Crippen molar-refractivity contribution in [1.29, 1.82) is 0 Å². The SMILES string of the molecule is CCOC(=O)c1ccc(N2CCN(C(=O)c3cccn(Cc4cccc(C)c4)c3=O)CC2)nc1. The number of aromatic nitrogens is 2. The van der Waals surface area contributed by atoms with Crippen molar-refractivity contribution in [2.75, 3.05) is 37.7 Å². The third-order valence-corrected chi connectivity index (χ3v) is 5.84. The number of rotatable bonds is 6. The maximum absolute atomic E-state index is 13.1. The van der Waals surface area contributed by atoms with Crippen molar-refractivity contribution >= 4 is 17.7 Å². The minimum atomic E-state index is -0.395. The summed E-state index contributed by atoms with van der Waals surface area (Å²) < 4.78 is 6.56. The van der Waals surface area contributed by atoms with Crippen LogP contribution in [0.3, 0.4) is 0 Å². The van der Waals surface area contributed by atoms with Gasteiger partial charge in [0.05, 0.1) is 18.7 Å². The second kappa shape index (κ2) is 10.3. The normalized spacial score (nSPS) is 13.6. The van der Waals surface area contributed by atoms with Crippen LogP contribution in [0.2, 0.25) is 0 Å². The molecule has 3 heterocycles. The fourth-order valence-electron chi connectivity index (χ4n) is 4.05. The van der Waals surface area contributed by atoms with Gasteiger partial charge in [0, 0.05) is 38.6 Å². The lowest BCUT2D eigenvalue weighted by atomic mass is 10.1. The molecule has 3 aromatic rings. The highest BCUT2D eigenvalue weighted by Crippen LogP contribution is 2.16. The molecule has 0 aliphatic carbocycles. The van der Waals surface area contributed by atoms with Crippen LogP contribution in [0.4, 0.5) is 5.82 Å². The number of esters is 1. The highest BCUT2D eigenvalue weighted by atomic mass is 16.5. The molecule has 34 heavy (non-hydrogen) atoms. The molecule has 1 saturated heterocycles. The zero-order valence-electron chi connectivity index (χ0n) is 19.4. The number of anilines is 1. The van der Waals surface area contributed by atoms with E-state index >= 15 is 0 Å². The Hall–Kier alpha value is -3.94. The van der Waals surface area contributed by atoms with E-state index < -0.39 is 5.97 Å². The molecular formula is C26H28N4O4. The van der Waals surface area contributed by atoms with Gasteiger partial charge in [-0.1, -0.05) is 29.8 Å². The monoisotopic (exact) mass is 460 g/mol. The maximum Gasteiger partial charge on any atom is 0.339 e. The van der Waals surface area contributed by atoms with E-state index in [1.807, 2.05) is 31.2 Å². The van der Waals surface area contributed by atoms with Crippen molar-refractivity contribution in [3.8, 4) is 0 Å². The van der Waals surface area contributed by atoms with Crippen molar-refractivity contribution in [3.63, 3.8) is 0 Å². The van der Waals surface area contributed by atoms with E-state index in [2.05, 4.69) is 9.88 Å². The molecule has 1 amide bonds. The number of hydrogen-bond acceptors (Lipinski definition) is 6. The quantitative estimate of drug-likeness (QED) is 0.526. The van der Waals surface area contributed by atoms with E-state index in [0.717, 1.165) is 16.9 Å². The Morgan fingerprint density at radius 3 is 2.50 bits per heavy atom. The highest BCUT2D eigenvalue weighted by Gasteiger charge is 2.25. The molecule has 1 aliphatic rings. The summed E-state index contributed by atoms with van der Waals surface area (Å²) in [7, 11) is 0. The summed E-state index contributed by atoms with van der Waals surface area (Å²) in [4.78, 5) is 46.1. The van der Waals surface area contributed by atoms with Gasteiger partial charge in [-0.2, -0.15) is 0 Å². The van der Waals surface area contributed by atoms with Crippen LogP contribution >= 0.6 is 0 Å². The smallest absolute Gasteiger partial charge is 0.339 e. The molecule has 0 saturated carbocycles. The fourth-order valence-corrected chi connectivity index (χ4v) is 4.05. The molecule has 8 heteroatoms. The summed E-state index contributed by atoms with van der Waals surface area (Å²) in [6, 6.07) is 14.8. The molecule has 8 nitrogen and oxygen atoms in total. The molecule has 0 N–H and O–H groups in total. The number of amides is 1. The Bertz CT molecular complexity index is 1230. The van der Waals surface area contributed by atoms with Crippen LogP contribution in [0.1, 0.15) is 38.8 Å². The first-order chi connectivity index (χ1) is 16.5. The number of pyridine rings is 2. The van der Waals surface area contributed by atoms with Crippen LogP contribution in [-0.4, -0.2) is 59.1 Å². The number of piperazine rings is 1. The minimum Gasteiger partial charge on any atom is -0.462 e. The van der Waals surface area contributed by atoms with Gasteiger partial charge in [0.15, 0.2) is 0 Å². The largest absolute Gasteiger partial charge is 0.462 e. The van der Waals surface area contributed by atoms with Crippen LogP contribution in [0.15, 0.2) is 65.7 Å². The van der Waals surface area contributed by atoms with Gasteiger partial charge in [0.25, 0.3) is 11.5 Å². The highest BCUT2D eigenvalue weighted by molar-refractivity contribution is 5.94. The van der Waals surface area contributed by atoms with E-state index in [1.165, 1.54) is 6.20 Å². The topological polar surface area (TPSA) is 84.7 Å². The Kier molecular flexibility index (Phi) is 7.06. The average Bonchev–Trinajstić information content (AvgIpc) is 2.85. The lowest BCUT2D eigenvalue weighted by Gasteiger charge is -2.35. The van der Waals surface area contributed by atoms with Gasteiger partial charge in [-0.3, -0.25) is 9.59 Å². The molecule has 4 rings (SSSR count). The summed E-state index contributed by atoms with van der Waals surface area (Å²) >= 11 is 0.